The van der Waals surface area contributed by atoms with Crippen molar-refractivity contribution >= 4 is 10.8 Å². The van der Waals surface area contributed by atoms with Crippen molar-refractivity contribution in [2.24, 2.45) is 0 Å². The Bertz CT molecular complexity index is 1190. The summed E-state index contributed by atoms with van der Waals surface area (Å²) in [6.45, 7) is 4.22. The second kappa shape index (κ2) is 12.0. The number of fused-ring (bicyclic) bond motifs is 1. The predicted molar refractivity (Wildman–Crippen MR) is 141 cm³/mol. The topological polar surface area (TPSA) is 39.7 Å². The van der Waals surface area contributed by atoms with Gasteiger partial charge in [0.15, 0.2) is 0 Å². The maximum Gasteiger partial charge on any atom is 0.119 e. The van der Waals surface area contributed by atoms with E-state index < -0.39 is 0 Å². The van der Waals surface area contributed by atoms with Gasteiger partial charge < -0.3 is 19.5 Å². The van der Waals surface area contributed by atoms with Crippen molar-refractivity contribution < 1.29 is 14.2 Å². The summed E-state index contributed by atoms with van der Waals surface area (Å²) in [6, 6.07) is 33.7. The van der Waals surface area contributed by atoms with Crippen LogP contribution in [0.1, 0.15) is 29.0 Å². The zero-order chi connectivity index (χ0) is 23.7. The van der Waals surface area contributed by atoms with E-state index in [4.69, 9.17) is 14.2 Å². The van der Waals surface area contributed by atoms with E-state index in [-0.39, 0.29) is 6.10 Å². The standard InChI is InChI=1S/C31H33NO3/c1-2-6-24(7-3-1)22-33-18-19-34-29-14-12-27(13-15-29)30-16-17-32-21-31(30)35-23-25-10-11-26-8-4-5-9-28(26)20-25/h1-15,20,30-32H,16-19,21-23H2/t30-,31+/m0/s1. The number of nitrogens with one attached hydrogen (secondary N) is 1. The van der Waals surface area contributed by atoms with Crippen molar-refractivity contribution in [1.29, 1.82) is 0 Å². The van der Waals surface area contributed by atoms with E-state index in [0.29, 0.717) is 32.3 Å². The van der Waals surface area contributed by atoms with Crippen LogP contribution in [-0.4, -0.2) is 32.4 Å². The van der Waals surface area contributed by atoms with Crippen LogP contribution in [-0.2, 0) is 22.7 Å². The fraction of sp³-hybridized carbons (Fsp3) is 0.290. The third kappa shape index (κ3) is 6.49. The van der Waals surface area contributed by atoms with E-state index >= 15 is 0 Å². The minimum absolute atomic E-state index is 0.147. The molecular weight excluding hydrogens is 434 g/mol. The lowest BCUT2D eigenvalue weighted by Gasteiger charge is -2.32. The number of ether oxygens (including phenoxy) is 3. The van der Waals surface area contributed by atoms with Gasteiger partial charge in [-0.05, 0) is 58.6 Å². The maximum absolute atomic E-state index is 6.43. The van der Waals surface area contributed by atoms with Gasteiger partial charge in [0.25, 0.3) is 0 Å². The molecule has 0 bridgehead atoms. The molecule has 4 aromatic carbocycles. The second-order valence-corrected chi connectivity index (χ2v) is 9.09. The van der Waals surface area contributed by atoms with Gasteiger partial charge in [-0.1, -0.05) is 78.9 Å². The highest BCUT2D eigenvalue weighted by Gasteiger charge is 2.27. The average molecular weight is 468 g/mol. The summed E-state index contributed by atoms with van der Waals surface area (Å²) >= 11 is 0. The van der Waals surface area contributed by atoms with Crippen molar-refractivity contribution in [3.05, 3.63) is 114 Å². The Labute approximate surface area is 207 Å². The SMILES string of the molecule is c1ccc(COCCOc2ccc([C@@H]3CCNC[C@H]3OCc3ccc4ccccc4c3)cc2)cc1. The second-order valence-electron chi connectivity index (χ2n) is 9.09. The van der Waals surface area contributed by atoms with E-state index in [0.717, 1.165) is 25.3 Å². The number of hydrogen-bond acceptors (Lipinski definition) is 4. The molecule has 5 rings (SSSR count). The molecule has 2 atom stereocenters. The van der Waals surface area contributed by atoms with Gasteiger partial charge in [0.1, 0.15) is 12.4 Å². The number of hydrogen-bond donors (Lipinski definition) is 1. The Kier molecular flexibility index (Phi) is 8.07. The first-order chi connectivity index (χ1) is 17.3. The zero-order valence-corrected chi connectivity index (χ0v) is 20.1. The molecule has 1 saturated heterocycles. The largest absolute Gasteiger partial charge is 0.491 e. The molecule has 1 heterocycles. The smallest absolute Gasteiger partial charge is 0.119 e. The van der Waals surface area contributed by atoms with E-state index in [9.17, 15) is 0 Å². The molecule has 1 aliphatic heterocycles. The summed E-state index contributed by atoms with van der Waals surface area (Å²) < 4.78 is 18.0. The third-order valence-corrected chi connectivity index (χ3v) is 6.62. The molecule has 1 aliphatic rings. The summed E-state index contributed by atoms with van der Waals surface area (Å²) in [4.78, 5) is 0. The van der Waals surface area contributed by atoms with Crippen molar-refractivity contribution in [2.45, 2.75) is 31.7 Å². The fourth-order valence-electron chi connectivity index (χ4n) is 4.71. The van der Waals surface area contributed by atoms with Crippen LogP contribution in [0.5, 0.6) is 5.75 Å². The molecular formula is C31H33NO3. The molecule has 4 aromatic rings. The van der Waals surface area contributed by atoms with Crippen molar-refractivity contribution in [2.75, 3.05) is 26.3 Å². The molecule has 0 saturated carbocycles. The first-order valence-corrected chi connectivity index (χ1v) is 12.5. The monoisotopic (exact) mass is 467 g/mol. The average Bonchev–Trinajstić information content (AvgIpc) is 2.93. The van der Waals surface area contributed by atoms with Gasteiger partial charge >= 0.3 is 0 Å². The van der Waals surface area contributed by atoms with Crippen LogP contribution in [0.3, 0.4) is 0 Å². The van der Waals surface area contributed by atoms with E-state index in [1.165, 1.54) is 27.5 Å². The highest BCUT2D eigenvalue weighted by atomic mass is 16.5. The van der Waals surface area contributed by atoms with Gasteiger partial charge in [-0.25, -0.2) is 0 Å². The molecule has 0 amide bonds. The molecule has 35 heavy (non-hydrogen) atoms. The molecule has 4 heteroatoms. The van der Waals surface area contributed by atoms with E-state index in [1.54, 1.807) is 0 Å². The van der Waals surface area contributed by atoms with Gasteiger partial charge in [-0.15, -0.1) is 0 Å². The first kappa shape index (κ1) is 23.6. The van der Waals surface area contributed by atoms with Crippen LogP contribution < -0.4 is 10.1 Å². The van der Waals surface area contributed by atoms with Crippen LogP contribution in [0.4, 0.5) is 0 Å². The van der Waals surface area contributed by atoms with E-state index in [2.05, 4.69) is 84.2 Å². The van der Waals surface area contributed by atoms with Gasteiger partial charge in [-0.3, -0.25) is 0 Å². The minimum atomic E-state index is 0.147. The summed E-state index contributed by atoms with van der Waals surface area (Å²) in [5.41, 5.74) is 3.70. The highest BCUT2D eigenvalue weighted by Crippen LogP contribution is 2.30. The molecule has 0 radical (unpaired) electrons. The molecule has 1 N–H and O–H groups in total. The Morgan fingerprint density at radius 3 is 2.37 bits per heavy atom. The van der Waals surface area contributed by atoms with Gasteiger partial charge in [0.05, 0.1) is 25.9 Å². The van der Waals surface area contributed by atoms with Gasteiger partial charge in [0, 0.05) is 12.5 Å². The lowest BCUT2D eigenvalue weighted by molar-refractivity contribution is 0.0106. The number of benzene rings is 4. The van der Waals surface area contributed by atoms with Crippen molar-refractivity contribution in [3.8, 4) is 5.75 Å². The maximum atomic E-state index is 6.43. The Balaban J connectivity index is 1.12. The molecule has 4 nitrogen and oxygen atoms in total. The molecule has 0 aromatic heterocycles. The van der Waals surface area contributed by atoms with Gasteiger partial charge in [0.2, 0.25) is 0 Å². The predicted octanol–water partition coefficient (Wildman–Crippen LogP) is 6.10. The molecule has 0 unspecified atom stereocenters. The molecule has 1 fully saturated rings. The first-order valence-electron chi connectivity index (χ1n) is 12.5. The molecule has 180 valence electrons. The van der Waals surface area contributed by atoms with Crippen LogP contribution in [0, 0.1) is 0 Å². The lowest BCUT2D eigenvalue weighted by Crippen LogP contribution is -2.40. The molecule has 0 spiro atoms. The highest BCUT2D eigenvalue weighted by molar-refractivity contribution is 5.82. The lowest BCUT2D eigenvalue weighted by atomic mass is 9.87. The quantitative estimate of drug-likeness (QED) is 0.286. The van der Waals surface area contributed by atoms with Crippen molar-refractivity contribution in [1.82, 2.24) is 5.32 Å². The Hall–Kier alpha value is -3.18. The molecule has 0 aliphatic carbocycles. The summed E-state index contributed by atoms with van der Waals surface area (Å²) in [6.07, 6.45) is 1.21. The number of piperidine rings is 1. The third-order valence-electron chi connectivity index (χ3n) is 6.62. The minimum Gasteiger partial charge on any atom is -0.491 e. The van der Waals surface area contributed by atoms with Gasteiger partial charge in [-0.2, -0.15) is 0 Å². The van der Waals surface area contributed by atoms with Crippen LogP contribution in [0.15, 0.2) is 97.1 Å². The summed E-state index contributed by atoms with van der Waals surface area (Å²) in [5.74, 6) is 1.25. The van der Waals surface area contributed by atoms with E-state index in [1.807, 2.05) is 18.2 Å². The van der Waals surface area contributed by atoms with Crippen LogP contribution >= 0.6 is 0 Å². The Morgan fingerprint density at radius 1 is 0.714 bits per heavy atom. The summed E-state index contributed by atoms with van der Waals surface area (Å²) in [7, 11) is 0. The zero-order valence-electron chi connectivity index (χ0n) is 20.1. The Morgan fingerprint density at radius 2 is 1.51 bits per heavy atom. The normalized spacial score (nSPS) is 17.9. The van der Waals surface area contributed by atoms with Crippen molar-refractivity contribution in [3.63, 3.8) is 0 Å². The number of rotatable bonds is 10. The summed E-state index contributed by atoms with van der Waals surface area (Å²) in [5, 5.41) is 6.02. The fourth-order valence-corrected chi connectivity index (χ4v) is 4.71. The van der Waals surface area contributed by atoms with Crippen LogP contribution in [0.2, 0.25) is 0 Å². The van der Waals surface area contributed by atoms with Crippen LogP contribution in [0.25, 0.3) is 10.8 Å².